The average Bonchev–Trinajstić information content (AvgIpc) is 3.25. The van der Waals surface area contributed by atoms with Gasteiger partial charge in [0, 0.05) is 18.4 Å². The minimum Gasteiger partial charge on any atom is -0.394 e. The van der Waals surface area contributed by atoms with E-state index in [1.807, 2.05) is 21.0 Å². The Labute approximate surface area is 271 Å². The minimum absolute atomic E-state index is 0.0115. The van der Waals surface area contributed by atoms with E-state index in [9.17, 15) is 25.5 Å². The summed E-state index contributed by atoms with van der Waals surface area (Å²) in [6.07, 6.45) is 4.51. The molecule has 0 radical (unpaired) electrons. The second-order valence-corrected chi connectivity index (χ2v) is 17.0. The maximum Gasteiger partial charge on any atom is 0.187 e. The fourth-order valence-corrected chi connectivity index (χ4v) is 11.3. The molecule has 5 aliphatic rings. The quantitative estimate of drug-likeness (QED) is 0.242. The summed E-state index contributed by atoms with van der Waals surface area (Å²) in [5.74, 6) is 1.61. The zero-order chi connectivity index (χ0) is 33.3. The molecule has 4 fully saturated rings. The van der Waals surface area contributed by atoms with E-state index in [0.717, 1.165) is 50.5 Å². The van der Waals surface area contributed by atoms with E-state index in [1.165, 1.54) is 5.57 Å². The van der Waals surface area contributed by atoms with E-state index in [0.29, 0.717) is 23.7 Å². The van der Waals surface area contributed by atoms with Gasteiger partial charge in [0.1, 0.15) is 24.4 Å². The Kier molecular flexibility index (Phi) is 9.90. The zero-order valence-electron chi connectivity index (χ0n) is 29.2. The summed E-state index contributed by atoms with van der Waals surface area (Å²) in [6, 6.07) is 0. The number of methoxy groups -OCH3 is 1. The topological polar surface area (TPSA) is 129 Å². The van der Waals surface area contributed by atoms with Crippen LogP contribution in [-0.2, 0) is 14.2 Å². The van der Waals surface area contributed by atoms with Crippen LogP contribution in [0.3, 0.4) is 0 Å². The van der Waals surface area contributed by atoms with E-state index in [4.69, 9.17) is 14.2 Å². The van der Waals surface area contributed by atoms with Crippen LogP contribution in [0.1, 0.15) is 100 Å². The molecule has 15 atom stereocenters. The van der Waals surface area contributed by atoms with Crippen molar-refractivity contribution in [3.8, 4) is 0 Å². The van der Waals surface area contributed by atoms with Gasteiger partial charge in [-0.25, -0.2) is 0 Å². The van der Waals surface area contributed by atoms with Crippen molar-refractivity contribution in [1.29, 1.82) is 0 Å². The lowest BCUT2D eigenvalue weighted by Crippen LogP contribution is -2.63. The largest absolute Gasteiger partial charge is 0.394 e. The summed E-state index contributed by atoms with van der Waals surface area (Å²) in [4.78, 5) is 0. The van der Waals surface area contributed by atoms with Crippen LogP contribution < -0.4 is 0 Å². The van der Waals surface area contributed by atoms with Crippen molar-refractivity contribution in [3.63, 3.8) is 0 Å². The highest BCUT2D eigenvalue weighted by Gasteiger charge is 2.69. The Balaban J connectivity index is 1.40. The van der Waals surface area contributed by atoms with Gasteiger partial charge in [0.2, 0.25) is 0 Å². The lowest BCUT2D eigenvalue weighted by molar-refractivity contribution is -0.308. The van der Waals surface area contributed by atoms with E-state index < -0.39 is 37.3 Å². The molecule has 0 amide bonds. The molecule has 4 aliphatic carbocycles. The molecule has 3 saturated carbocycles. The number of rotatable bonds is 8. The van der Waals surface area contributed by atoms with Crippen LogP contribution in [0.15, 0.2) is 23.3 Å². The Bertz CT molecular complexity index is 1130. The highest BCUT2D eigenvalue weighted by Crippen LogP contribution is 2.75. The summed E-state index contributed by atoms with van der Waals surface area (Å²) in [6.45, 7) is 17.9. The van der Waals surface area contributed by atoms with Crippen LogP contribution in [0.5, 0.6) is 0 Å². The maximum absolute atomic E-state index is 11.0. The van der Waals surface area contributed by atoms with Gasteiger partial charge < -0.3 is 39.7 Å². The average molecular weight is 635 g/mol. The lowest BCUT2D eigenvalue weighted by atomic mass is 9.38. The van der Waals surface area contributed by atoms with Gasteiger partial charge in [-0.2, -0.15) is 0 Å². The molecule has 0 aromatic rings. The molecule has 258 valence electrons. The van der Waals surface area contributed by atoms with Crippen molar-refractivity contribution in [3.05, 3.63) is 23.3 Å². The van der Waals surface area contributed by atoms with Crippen molar-refractivity contribution in [2.75, 3.05) is 13.7 Å². The molecule has 0 spiro atoms. The summed E-state index contributed by atoms with van der Waals surface area (Å²) >= 11 is 0. The van der Waals surface area contributed by atoms with Crippen LogP contribution in [0.2, 0.25) is 0 Å². The predicted octanol–water partition coefficient (Wildman–Crippen LogP) is 4.75. The van der Waals surface area contributed by atoms with Crippen LogP contribution in [0.4, 0.5) is 0 Å². The first kappa shape index (κ1) is 35.5. The van der Waals surface area contributed by atoms with Crippen LogP contribution >= 0.6 is 0 Å². The number of hydrogen-bond acceptors (Lipinski definition) is 8. The molecular formula is C37H62O8. The summed E-state index contributed by atoms with van der Waals surface area (Å²) < 4.78 is 18.4. The fraction of sp³-hybridized carbons (Fsp3) is 0.892. The van der Waals surface area contributed by atoms with Crippen LogP contribution in [0.25, 0.3) is 0 Å². The molecule has 1 aliphatic heterocycles. The number of fused-ring (bicyclic) bond motifs is 5. The first-order chi connectivity index (χ1) is 21.0. The molecule has 8 nitrogen and oxygen atoms in total. The Morgan fingerprint density at radius 1 is 0.956 bits per heavy atom. The molecule has 8 heteroatoms. The van der Waals surface area contributed by atoms with E-state index >= 15 is 0 Å². The third kappa shape index (κ3) is 5.61. The van der Waals surface area contributed by atoms with Crippen LogP contribution in [0, 0.1) is 45.3 Å². The van der Waals surface area contributed by atoms with Gasteiger partial charge in [-0.1, -0.05) is 64.8 Å². The second kappa shape index (κ2) is 12.6. The van der Waals surface area contributed by atoms with Crippen molar-refractivity contribution < 1.29 is 39.7 Å². The van der Waals surface area contributed by atoms with E-state index in [-0.39, 0.29) is 40.0 Å². The lowest BCUT2D eigenvalue weighted by Gasteiger charge is -2.67. The minimum atomic E-state index is -1.46. The summed E-state index contributed by atoms with van der Waals surface area (Å²) in [5.41, 5.74) is 2.51. The third-order valence-electron chi connectivity index (χ3n) is 14.1. The number of hydrogen-bond donors (Lipinski definition) is 5. The standard InChI is InChI=1S/C37H62O8/c1-20(2)16-22(44-33-31(42)30(41)29(40)27(19-38)45-33)17-21(3)23-12-13-37(8)32-26(43-9)18-25-24(10-11-28(39)34(25,4)5)35(32,6)14-15-36(23,37)7/h16,18,21-24,26-33,38-42H,10-15,17,19H2,1-9H3/t21-,22?,23-,24-,26+,27-,28+,29-,30+,31-,32-,33-,35+,36-,37+/m1/s1. The number of ether oxygens (including phenoxy) is 3. The second-order valence-electron chi connectivity index (χ2n) is 17.0. The monoisotopic (exact) mass is 634 g/mol. The molecular weight excluding hydrogens is 572 g/mol. The Hall–Kier alpha value is -0.840. The predicted molar refractivity (Wildman–Crippen MR) is 173 cm³/mol. The highest BCUT2D eigenvalue weighted by molar-refractivity contribution is 5.32. The van der Waals surface area contributed by atoms with Gasteiger partial charge >= 0.3 is 0 Å². The van der Waals surface area contributed by atoms with Gasteiger partial charge in [0.05, 0.1) is 24.9 Å². The fourth-order valence-electron chi connectivity index (χ4n) is 11.3. The normalized spacial score (nSPS) is 48.8. The highest BCUT2D eigenvalue weighted by atomic mass is 16.7. The molecule has 5 N–H and O–H groups in total. The molecule has 1 saturated heterocycles. The number of aliphatic hydroxyl groups excluding tert-OH is 5. The van der Waals surface area contributed by atoms with Gasteiger partial charge in [-0.15, -0.1) is 0 Å². The van der Waals surface area contributed by atoms with E-state index in [2.05, 4.69) is 53.7 Å². The molecule has 1 unspecified atom stereocenters. The summed E-state index contributed by atoms with van der Waals surface area (Å²) in [5, 5.41) is 52.0. The maximum atomic E-state index is 11.0. The van der Waals surface area contributed by atoms with Crippen molar-refractivity contribution in [1.82, 2.24) is 0 Å². The van der Waals surface area contributed by atoms with Gasteiger partial charge in [0.25, 0.3) is 0 Å². The molecule has 0 bridgehead atoms. The smallest absolute Gasteiger partial charge is 0.187 e. The molecule has 1 heterocycles. The summed E-state index contributed by atoms with van der Waals surface area (Å²) in [7, 11) is 1.86. The van der Waals surface area contributed by atoms with Gasteiger partial charge in [-0.05, 0) is 92.8 Å². The molecule has 0 aromatic carbocycles. The van der Waals surface area contributed by atoms with Crippen molar-refractivity contribution in [2.45, 2.75) is 149 Å². The zero-order valence-corrected chi connectivity index (χ0v) is 29.2. The van der Waals surface area contributed by atoms with E-state index in [1.54, 1.807) is 0 Å². The Morgan fingerprint density at radius 3 is 2.27 bits per heavy atom. The van der Waals surface area contributed by atoms with Crippen LogP contribution in [-0.4, -0.2) is 88.3 Å². The molecule has 45 heavy (non-hydrogen) atoms. The molecule has 0 aromatic heterocycles. The van der Waals surface area contributed by atoms with Crippen molar-refractivity contribution >= 4 is 0 Å². The first-order valence-corrected chi connectivity index (χ1v) is 17.5. The third-order valence-corrected chi connectivity index (χ3v) is 14.1. The van der Waals surface area contributed by atoms with Gasteiger partial charge in [-0.3, -0.25) is 0 Å². The number of allylic oxidation sites excluding steroid dienone is 1. The first-order valence-electron chi connectivity index (χ1n) is 17.5. The van der Waals surface area contributed by atoms with Crippen molar-refractivity contribution in [2.24, 2.45) is 45.3 Å². The van der Waals surface area contributed by atoms with Gasteiger partial charge in [0.15, 0.2) is 6.29 Å². The Morgan fingerprint density at radius 2 is 1.64 bits per heavy atom. The molecule has 5 rings (SSSR count). The number of aliphatic hydroxyl groups is 5. The SMILES string of the molecule is CO[C@H]1C=C2[C@@H](CC[C@H](O)C2(C)C)[C@]2(C)CC[C@]3(C)[C@@H]([C@H](C)CC(C=C(C)C)O[C@@H]4O[C@H](CO)[C@@H](O)[C@H](O)[C@H]4O)CC[C@@]3(C)[C@H]12.